The van der Waals surface area contributed by atoms with Gasteiger partial charge in [-0.2, -0.15) is 0 Å². The molecular weight excluding hydrogens is 270 g/mol. The molecule has 1 saturated carbocycles. The first-order chi connectivity index (χ1) is 10.1. The average molecular weight is 291 g/mol. The van der Waals surface area contributed by atoms with E-state index in [1.165, 1.54) is 0 Å². The second-order valence-corrected chi connectivity index (χ2v) is 5.56. The van der Waals surface area contributed by atoms with Gasteiger partial charge in [0.05, 0.1) is 6.42 Å². The van der Waals surface area contributed by atoms with E-state index in [4.69, 9.17) is 5.11 Å². The number of benzene rings is 1. The van der Waals surface area contributed by atoms with Crippen LogP contribution in [0.2, 0.25) is 0 Å². The highest BCUT2D eigenvalue weighted by Gasteiger charge is 2.27. The molecule has 5 heteroatoms. The summed E-state index contributed by atoms with van der Waals surface area (Å²) in [6.07, 6.45) is 3.80. The number of carboxylic acids is 1. The van der Waals surface area contributed by atoms with Crippen molar-refractivity contribution < 1.29 is 19.8 Å². The molecule has 1 aromatic rings. The number of para-hydroxylation sites is 1. The van der Waals surface area contributed by atoms with E-state index in [1.807, 2.05) is 0 Å². The minimum absolute atomic E-state index is 0.00499. The van der Waals surface area contributed by atoms with Gasteiger partial charge in [-0.25, -0.2) is 0 Å². The Morgan fingerprint density at radius 3 is 2.52 bits per heavy atom. The van der Waals surface area contributed by atoms with Crippen molar-refractivity contribution in [1.29, 1.82) is 0 Å². The predicted molar refractivity (Wildman–Crippen MR) is 79.0 cm³/mol. The van der Waals surface area contributed by atoms with Gasteiger partial charge < -0.3 is 15.5 Å². The summed E-state index contributed by atoms with van der Waals surface area (Å²) >= 11 is 0. The SMILES string of the molecule is O=C(O)Cc1ccccc1NC(=O)C(O)C1CCCCC1. The Kier molecular flexibility index (Phi) is 5.33. The zero-order valence-corrected chi connectivity index (χ0v) is 11.9. The molecule has 0 aromatic heterocycles. The molecule has 1 atom stereocenters. The molecule has 114 valence electrons. The summed E-state index contributed by atoms with van der Waals surface area (Å²) in [7, 11) is 0. The molecular formula is C16H21NO4. The van der Waals surface area contributed by atoms with Gasteiger partial charge >= 0.3 is 5.97 Å². The highest BCUT2D eigenvalue weighted by atomic mass is 16.4. The Balaban J connectivity index is 2.03. The lowest BCUT2D eigenvalue weighted by Crippen LogP contribution is -2.35. The number of nitrogens with one attached hydrogen (secondary N) is 1. The van der Waals surface area contributed by atoms with E-state index in [-0.39, 0.29) is 12.3 Å². The fourth-order valence-electron chi connectivity index (χ4n) is 2.83. The summed E-state index contributed by atoms with van der Waals surface area (Å²) in [4.78, 5) is 23.0. The lowest BCUT2D eigenvalue weighted by atomic mass is 9.85. The highest BCUT2D eigenvalue weighted by Crippen LogP contribution is 2.27. The summed E-state index contributed by atoms with van der Waals surface area (Å²) in [5, 5.41) is 21.7. The number of aliphatic hydroxyl groups is 1. The largest absolute Gasteiger partial charge is 0.481 e. The minimum atomic E-state index is -1.02. The molecule has 0 bridgehead atoms. The third-order valence-corrected chi connectivity index (χ3v) is 3.98. The highest BCUT2D eigenvalue weighted by molar-refractivity contribution is 5.95. The fraction of sp³-hybridized carbons (Fsp3) is 0.500. The van der Waals surface area contributed by atoms with E-state index in [2.05, 4.69) is 5.32 Å². The number of aliphatic carboxylic acids is 1. The number of amides is 1. The third-order valence-electron chi connectivity index (χ3n) is 3.98. The van der Waals surface area contributed by atoms with Gasteiger partial charge in [0.1, 0.15) is 6.10 Å². The Morgan fingerprint density at radius 2 is 1.86 bits per heavy atom. The summed E-state index contributed by atoms with van der Waals surface area (Å²) in [6, 6.07) is 6.78. The van der Waals surface area contributed by atoms with Gasteiger partial charge in [-0.15, -0.1) is 0 Å². The molecule has 21 heavy (non-hydrogen) atoms. The molecule has 1 fully saturated rings. The van der Waals surface area contributed by atoms with Crippen LogP contribution in [-0.4, -0.2) is 28.2 Å². The molecule has 1 aliphatic carbocycles. The number of carbonyl (C=O) groups excluding carboxylic acids is 1. The van der Waals surface area contributed by atoms with Crippen molar-refractivity contribution in [3.05, 3.63) is 29.8 Å². The summed E-state index contributed by atoms with van der Waals surface area (Å²) in [5.74, 6) is -1.39. The molecule has 0 radical (unpaired) electrons. The zero-order chi connectivity index (χ0) is 15.2. The van der Waals surface area contributed by atoms with Crippen molar-refractivity contribution in [2.24, 2.45) is 5.92 Å². The first-order valence-corrected chi connectivity index (χ1v) is 7.36. The lowest BCUT2D eigenvalue weighted by molar-refractivity contribution is -0.136. The number of rotatable bonds is 5. The van der Waals surface area contributed by atoms with Crippen LogP contribution in [-0.2, 0) is 16.0 Å². The fourth-order valence-corrected chi connectivity index (χ4v) is 2.83. The second kappa shape index (κ2) is 7.22. The number of aliphatic hydroxyl groups excluding tert-OH is 1. The van der Waals surface area contributed by atoms with E-state index in [0.717, 1.165) is 32.1 Å². The van der Waals surface area contributed by atoms with Crippen LogP contribution >= 0.6 is 0 Å². The zero-order valence-electron chi connectivity index (χ0n) is 11.9. The van der Waals surface area contributed by atoms with Gasteiger partial charge in [0.2, 0.25) is 0 Å². The molecule has 0 aliphatic heterocycles. The second-order valence-electron chi connectivity index (χ2n) is 5.56. The van der Waals surface area contributed by atoms with E-state index in [0.29, 0.717) is 11.3 Å². The van der Waals surface area contributed by atoms with Crippen LogP contribution < -0.4 is 5.32 Å². The van der Waals surface area contributed by atoms with Crippen molar-refractivity contribution in [2.75, 3.05) is 5.32 Å². The number of hydrogen-bond acceptors (Lipinski definition) is 3. The Bertz CT molecular complexity index is 509. The maximum Gasteiger partial charge on any atom is 0.307 e. The van der Waals surface area contributed by atoms with E-state index >= 15 is 0 Å². The number of hydrogen-bond donors (Lipinski definition) is 3. The maximum atomic E-state index is 12.1. The molecule has 0 saturated heterocycles. The summed E-state index contributed by atoms with van der Waals surface area (Å²) < 4.78 is 0. The van der Waals surface area contributed by atoms with Crippen LogP contribution in [0.1, 0.15) is 37.7 Å². The monoisotopic (exact) mass is 291 g/mol. The van der Waals surface area contributed by atoms with Gasteiger partial charge in [0.25, 0.3) is 5.91 Å². The molecule has 1 amide bonds. The summed E-state index contributed by atoms with van der Waals surface area (Å²) in [6.45, 7) is 0. The Morgan fingerprint density at radius 1 is 1.19 bits per heavy atom. The first-order valence-electron chi connectivity index (χ1n) is 7.36. The maximum absolute atomic E-state index is 12.1. The predicted octanol–water partition coefficient (Wildman–Crippen LogP) is 2.19. The molecule has 2 rings (SSSR count). The van der Waals surface area contributed by atoms with Crippen LogP contribution in [0.4, 0.5) is 5.69 Å². The van der Waals surface area contributed by atoms with E-state index in [1.54, 1.807) is 24.3 Å². The Labute approximate surface area is 124 Å². The number of carboxylic acid groups (broad SMARTS) is 1. The molecule has 1 aromatic carbocycles. The average Bonchev–Trinajstić information content (AvgIpc) is 2.49. The van der Waals surface area contributed by atoms with Gasteiger partial charge in [0.15, 0.2) is 0 Å². The van der Waals surface area contributed by atoms with Crippen molar-refractivity contribution in [2.45, 2.75) is 44.6 Å². The molecule has 0 heterocycles. The van der Waals surface area contributed by atoms with Gasteiger partial charge in [-0.3, -0.25) is 9.59 Å². The van der Waals surface area contributed by atoms with Crippen molar-refractivity contribution in [3.63, 3.8) is 0 Å². The van der Waals surface area contributed by atoms with Gasteiger partial charge in [-0.1, -0.05) is 37.5 Å². The molecule has 5 nitrogen and oxygen atoms in total. The van der Waals surface area contributed by atoms with Crippen LogP contribution in [0.3, 0.4) is 0 Å². The first kappa shape index (κ1) is 15.5. The van der Waals surface area contributed by atoms with Crippen molar-refractivity contribution in [3.8, 4) is 0 Å². The minimum Gasteiger partial charge on any atom is -0.481 e. The molecule has 1 aliphatic rings. The topological polar surface area (TPSA) is 86.6 Å². The molecule has 3 N–H and O–H groups in total. The van der Waals surface area contributed by atoms with E-state index in [9.17, 15) is 14.7 Å². The smallest absolute Gasteiger partial charge is 0.307 e. The number of anilines is 1. The lowest BCUT2D eigenvalue weighted by Gasteiger charge is -2.26. The van der Waals surface area contributed by atoms with Crippen molar-refractivity contribution >= 4 is 17.6 Å². The quantitative estimate of drug-likeness (QED) is 0.776. The van der Waals surface area contributed by atoms with E-state index < -0.39 is 18.0 Å². The standard InChI is InChI=1S/C16H21NO4/c18-14(19)10-12-8-4-5-9-13(12)17-16(21)15(20)11-6-2-1-3-7-11/h4-5,8-9,11,15,20H,1-3,6-7,10H2,(H,17,21)(H,18,19). The molecule has 1 unspecified atom stereocenters. The molecule has 0 spiro atoms. The number of carbonyl (C=O) groups is 2. The van der Waals surface area contributed by atoms with Crippen LogP contribution in [0.25, 0.3) is 0 Å². The Hall–Kier alpha value is -1.88. The van der Waals surface area contributed by atoms with Crippen molar-refractivity contribution in [1.82, 2.24) is 0 Å². The van der Waals surface area contributed by atoms with Gasteiger partial charge in [0, 0.05) is 5.69 Å². The normalized spacial score (nSPS) is 17.2. The van der Waals surface area contributed by atoms with Crippen LogP contribution in [0, 0.1) is 5.92 Å². The van der Waals surface area contributed by atoms with Crippen LogP contribution in [0.5, 0.6) is 0 Å². The third kappa shape index (κ3) is 4.29. The summed E-state index contributed by atoms with van der Waals surface area (Å²) in [5.41, 5.74) is 0.994. The van der Waals surface area contributed by atoms with Crippen LogP contribution in [0.15, 0.2) is 24.3 Å². The van der Waals surface area contributed by atoms with Gasteiger partial charge in [-0.05, 0) is 30.4 Å².